The van der Waals surface area contributed by atoms with Crippen LogP contribution >= 0.6 is 35.1 Å². The van der Waals surface area contributed by atoms with E-state index in [0.29, 0.717) is 21.3 Å². The van der Waals surface area contributed by atoms with Gasteiger partial charge < -0.3 is 10.6 Å². The number of carbonyl (C=O) groups is 2. The van der Waals surface area contributed by atoms with Gasteiger partial charge in [-0.25, -0.2) is 0 Å². The number of anilines is 1. The first-order valence-corrected chi connectivity index (χ1v) is 11.3. The summed E-state index contributed by atoms with van der Waals surface area (Å²) in [6.45, 7) is 0. The average Bonchev–Trinajstić information content (AvgIpc) is 2.72. The van der Waals surface area contributed by atoms with Crippen molar-refractivity contribution in [2.75, 3.05) is 17.3 Å². The first-order chi connectivity index (χ1) is 14.0. The van der Waals surface area contributed by atoms with Crippen molar-refractivity contribution in [2.45, 2.75) is 17.2 Å². The number of amides is 2. The van der Waals surface area contributed by atoms with Crippen molar-refractivity contribution in [1.29, 1.82) is 5.26 Å². The maximum atomic E-state index is 12.3. The number of hydrogen-bond acceptors (Lipinski definition) is 5. The van der Waals surface area contributed by atoms with Crippen molar-refractivity contribution in [3.05, 3.63) is 69.7 Å². The molecule has 0 bridgehead atoms. The number of benzene rings is 2. The molecule has 1 aliphatic rings. The van der Waals surface area contributed by atoms with Crippen LogP contribution in [0.1, 0.15) is 17.9 Å². The summed E-state index contributed by atoms with van der Waals surface area (Å²) in [6.07, 6.45) is 2.20. The topological polar surface area (TPSA) is 82.0 Å². The second kappa shape index (κ2) is 9.88. The zero-order chi connectivity index (χ0) is 20.8. The van der Waals surface area contributed by atoms with Crippen molar-refractivity contribution >= 4 is 52.6 Å². The molecule has 0 saturated heterocycles. The standard InChI is InChI=1S/C21H18ClN3O2S2/c1-28-16-7-5-13(6-8-16)17-10-19(26)25-21(18(17)11-23)29-12-20(27)24-15-4-2-3-14(22)9-15/h2-9,17H,10,12H2,1H3,(H,24,27)(H,25,26)/t17-/m0/s1. The van der Waals surface area contributed by atoms with Crippen LogP contribution in [0.15, 0.2) is 64.0 Å². The molecule has 0 radical (unpaired) electrons. The molecular formula is C21H18ClN3O2S2. The molecule has 2 aromatic rings. The lowest BCUT2D eigenvalue weighted by molar-refractivity contribution is -0.121. The van der Waals surface area contributed by atoms with E-state index in [9.17, 15) is 14.9 Å². The summed E-state index contributed by atoms with van der Waals surface area (Å²) in [4.78, 5) is 25.6. The molecule has 0 aromatic heterocycles. The summed E-state index contributed by atoms with van der Waals surface area (Å²) in [5.74, 6) is -0.669. The molecule has 0 fully saturated rings. The summed E-state index contributed by atoms with van der Waals surface area (Å²) in [6, 6.07) is 16.9. The van der Waals surface area contributed by atoms with Crippen LogP contribution in [0.3, 0.4) is 0 Å². The SMILES string of the molecule is CSc1ccc([C@@H]2CC(=O)NC(SCC(=O)Nc3cccc(Cl)c3)=C2C#N)cc1. The fourth-order valence-corrected chi connectivity index (χ4v) is 4.43. The van der Waals surface area contributed by atoms with Gasteiger partial charge in [0.25, 0.3) is 0 Å². The Balaban J connectivity index is 1.74. The number of thioether (sulfide) groups is 2. The molecular weight excluding hydrogens is 426 g/mol. The van der Waals surface area contributed by atoms with Gasteiger partial charge in [-0.1, -0.05) is 41.6 Å². The van der Waals surface area contributed by atoms with Gasteiger partial charge in [-0.2, -0.15) is 5.26 Å². The number of nitriles is 1. The maximum Gasteiger partial charge on any atom is 0.234 e. The van der Waals surface area contributed by atoms with E-state index in [4.69, 9.17) is 11.6 Å². The summed E-state index contributed by atoms with van der Waals surface area (Å²) in [5.41, 5.74) is 1.98. The van der Waals surface area contributed by atoms with Crippen LogP contribution in [0.4, 0.5) is 5.69 Å². The smallest absolute Gasteiger partial charge is 0.234 e. The quantitative estimate of drug-likeness (QED) is 0.628. The Labute approximate surface area is 182 Å². The minimum absolute atomic E-state index is 0.0610. The Morgan fingerprint density at radius 3 is 2.72 bits per heavy atom. The predicted molar refractivity (Wildman–Crippen MR) is 119 cm³/mol. The summed E-state index contributed by atoms with van der Waals surface area (Å²) in [7, 11) is 0. The number of halogens is 1. The molecule has 0 spiro atoms. The third-order valence-corrected chi connectivity index (χ3v) is 6.33. The highest BCUT2D eigenvalue weighted by Gasteiger charge is 2.29. The number of hydrogen-bond donors (Lipinski definition) is 2. The van der Waals surface area contributed by atoms with E-state index in [-0.39, 0.29) is 29.9 Å². The molecule has 2 aromatic carbocycles. The van der Waals surface area contributed by atoms with Gasteiger partial charge in [-0.15, -0.1) is 11.8 Å². The van der Waals surface area contributed by atoms with Crippen LogP contribution < -0.4 is 10.6 Å². The number of nitrogens with one attached hydrogen (secondary N) is 2. The van der Waals surface area contributed by atoms with Gasteiger partial charge >= 0.3 is 0 Å². The third kappa shape index (κ3) is 5.57. The number of carbonyl (C=O) groups excluding carboxylic acids is 2. The Hall–Kier alpha value is -2.40. The number of allylic oxidation sites excluding steroid dienone is 1. The van der Waals surface area contributed by atoms with Crippen LogP contribution in [-0.2, 0) is 9.59 Å². The van der Waals surface area contributed by atoms with Gasteiger partial charge in [0.1, 0.15) is 0 Å². The molecule has 0 saturated carbocycles. The van der Waals surface area contributed by atoms with Crippen LogP contribution in [0.5, 0.6) is 0 Å². The zero-order valence-electron chi connectivity index (χ0n) is 15.6. The Morgan fingerprint density at radius 1 is 1.31 bits per heavy atom. The highest BCUT2D eigenvalue weighted by atomic mass is 35.5. The highest BCUT2D eigenvalue weighted by Crippen LogP contribution is 2.36. The highest BCUT2D eigenvalue weighted by molar-refractivity contribution is 8.03. The largest absolute Gasteiger partial charge is 0.325 e. The van der Waals surface area contributed by atoms with Gasteiger partial charge in [0, 0.05) is 27.9 Å². The lowest BCUT2D eigenvalue weighted by Crippen LogP contribution is -2.31. The monoisotopic (exact) mass is 443 g/mol. The third-order valence-electron chi connectivity index (χ3n) is 4.33. The lowest BCUT2D eigenvalue weighted by Gasteiger charge is -2.25. The van der Waals surface area contributed by atoms with Crippen molar-refractivity contribution in [2.24, 2.45) is 0 Å². The van der Waals surface area contributed by atoms with Gasteiger partial charge in [0.2, 0.25) is 11.8 Å². The van der Waals surface area contributed by atoms with E-state index in [1.807, 2.05) is 30.5 Å². The summed E-state index contributed by atoms with van der Waals surface area (Å²) in [5, 5.41) is 16.2. The van der Waals surface area contributed by atoms with Crippen molar-refractivity contribution in [3.8, 4) is 6.07 Å². The molecule has 2 amide bonds. The van der Waals surface area contributed by atoms with Gasteiger partial charge in [-0.3, -0.25) is 9.59 Å². The predicted octanol–water partition coefficient (Wildman–Crippen LogP) is 4.77. The van der Waals surface area contributed by atoms with E-state index in [1.54, 1.807) is 36.0 Å². The van der Waals surface area contributed by atoms with E-state index in [1.165, 1.54) is 0 Å². The normalized spacial score (nSPS) is 16.2. The fraction of sp³-hybridized carbons (Fsp3) is 0.190. The zero-order valence-corrected chi connectivity index (χ0v) is 18.0. The fourth-order valence-electron chi connectivity index (χ4n) is 2.95. The van der Waals surface area contributed by atoms with Crippen LogP contribution in [-0.4, -0.2) is 23.8 Å². The molecule has 1 atom stereocenters. The molecule has 2 N–H and O–H groups in total. The van der Waals surface area contributed by atoms with E-state index < -0.39 is 0 Å². The second-order valence-electron chi connectivity index (χ2n) is 6.28. The first kappa shape index (κ1) is 21.3. The number of nitrogens with zero attached hydrogens (tertiary/aromatic N) is 1. The maximum absolute atomic E-state index is 12.3. The second-order valence-corrected chi connectivity index (χ2v) is 8.58. The minimum atomic E-state index is -0.317. The molecule has 5 nitrogen and oxygen atoms in total. The molecule has 29 heavy (non-hydrogen) atoms. The van der Waals surface area contributed by atoms with Crippen molar-refractivity contribution < 1.29 is 9.59 Å². The van der Waals surface area contributed by atoms with Crippen LogP contribution in [0.25, 0.3) is 0 Å². The minimum Gasteiger partial charge on any atom is -0.325 e. The molecule has 0 unspecified atom stereocenters. The van der Waals surface area contributed by atoms with E-state index in [0.717, 1.165) is 22.2 Å². The first-order valence-electron chi connectivity index (χ1n) is 8.76. The molecule has 8 heteroatoms. The molecule has 1 aliphatic heterocycles. The Morgan fingerprint density at radius 2 is 2.07 bits per heavy atom. The molecule has 3 rings (SSSR count). The van der Waals surface area contributed by atoms with Crippen LogP contribution in [0, 0.1) is 11.3 Å². The molecule has 148 valence electrons. The number of rotatable bonds is 6. The summed E-state index contributed by atoms with van der Waals surface area (Å²) >= 11 is 8.70. The Bertz CT molecular complexity index is 1000. The average molecular weight is 444 g/mol. The molecule has 0 aliphatic carbocycles. The van der Waals surface area contributed by atoms with Crippen molar-refractivity contribution in [1.82, 2.24) is 5.32 Å². The Kier molecular flexibility index (Phi) is 7.26. The van der Waals surface area contributed by atoms with E-state index in [2.05, 4.69) is 16.7 Å². The summed E-state index contributed by atoms with van der Waals surface area (Å²) < 4.78 is 0. The van der Waals surface area contributed by atoms with Gasteiger partial charge in [0.05, 0.1) is 22.4 Å². The van der Waals surface area contributed by atoms with Crippen molar-refractivity contribution in [3.63, 3.8) is 0 Å². The molecule has 1 heterocycles. The van der Waals surface area contributed by atoms with Gasteiger partial charge in [0.15, 0.2) is 0 Å². The van der Waals surface area contributed by atoms with Gasteiger partial charge in [-0.05, 0) is 42.2 Å². The lowest BCUT2D eigenvalue weighted by atomic mass is 9.87. The van der Waals surface area contributed by atoms with E-state index >= 15 is 0 Å². The van der Waals surface area contributed by atoms with Crippen LogP contribution in [0.2, 0.25) is 5.02 Å².